The Morgan fingerprint density at radius 2 is 2.23 bits per heavy atom. The minimum absolute atomic E-state index is 0.0285. The maximum atomic E-state index is 14.4. The van der Waals surface area contributed by atoms with Gasteiger partial charge in [0, 0.05) is 11.4 Å². The van der Waals surface area contributed by atoms with Crippen molar-refractivity contribution in [3.63, 3.8) is 0 Å². The molecule has 0 unspecified atom stereocenters. The van der Waals surface area contributed by atoms with E-state index in [0.717, 1.165) is 17.7 Å². The molecule has 3 heterocycles. The van der Waals surface area contributed by atoms with E-state index in [1.54, 1.807) is 24.3 Å². The van der Waals surface area contributed by atoms with E-state index in [1.165, 1.54) is 12.1 Å². The molecule has 1 aliphatic heterocycles. The molecule has 0 bridgehead atoms. The molecule has 1 amide bonds. The van der Waals surface area contributed by atoms with Gasteiger partial charge in [-0.2, -0.15) is 0 Å². The summed E-state index contributed by atoms with van der Waals surface area (Å²) in [5.41, 5.74) is 0.536. The fourth-order valence-corrected chi connectivity index (χ4v) is 4.57. The molecule has 1 fully saturated rings. The van der Waals surface area contributed by atoms with Crippen LogP contribution in [0.1, 0.15) is 39.9 Å². The normalized spacial score (nSPS) is 17.0. The lowest BCUT2D eigenvalue weighted by Gasteiger charge is -2.24. The van der Waals surface area contributed by atoms with Gasteiger partial charge < -0.3 is 9.42 Å². The van der Waals surface area contributed by atoms with Gasteiger partial charge >= 0.3 is 0 Å². The van der Waals surface area contributed by atoms with E-state index in [1.807, 2.05) is 22.4 Å². The van der Waals surface area contributed by atoms with Gasteiger partial charge in [-0.1, -0.05) is 28.9 Å². The van der Waals surface area contributed by atoms with Gasteiger partial charge in [0.2, 0.25) is 0 Å². The van der Waals surface area contributed by atoms with Crippen LogP contribution >= 0.6 is 22.9 Å². The van der Waals surface area contributed by atoms with Crippen molar-refractivity contribution >= 4 is 28.8 Å². The van der Waals surface area contributed by atoms with E-state index in [4.69, 9.17) is 16.1 Å². The van der Waals surface area contributed by atoms with E-state index < -0.39 is 5.82 Å². The van der Waals surface area contributed by atoms with Crippen molar-refractivity contribution in [2.45, 2.75) is 25.8 Å². The lowest BCUT2D eigenvalue weighted by atomic mass is 10.0. The molecular formula is C19H16ClFN2O2S. The average molecular weight is 391 g/mol. The second-order valence-corrected chi connectivity index (χ2v) is 7.62. The minimum atomic E-state index is -0.531. The molecule has 0 saturated carbocycles. The summed E-state index contributed by atoms with van der Waals surface area (Å²) in [5.74, 6) is -0.369. The molecular weight excluding hydrogens is 375 g/mol. The molecule has 1 aliphatic rings. The van der Waals surface area contributed by atoms with Crippen molar-refractivity contribution in [3.05, 3.63) is 62.8 Å². The SMILES string of the molecule is Cc1onc(-c2c(F)cccc2Cl)c1C(=O)N1CCC[C@H]1c1cccs1. The van der Waals surface area contributed by atoms with Crippen LogP contribution in [0, 0.1) is 12.7 Å². The second-order valence-electron chi connectivity index (χ2n) is 6.23. The van der Waals surface area contributed by atoms with Gasteiger partial charge in [0.15, 0.2) is 0 Å². The Morgan fingerprint density at radius 1 is 1.38 bits per heavy atom. The largest absolute Gasteiger partial charge is 0.360 e. The topological polar surface area (TPSA) is 46.3 Å². The summed E-state index contributed by atoms with van der Waals surface area (Å²) in [6.45, 7) is 2.31. The molecule has 4 rings (SSSR count). The van der Waals surface area contributed by atoms with Crippen molar-refractivity contribution in [1.29, 1.82) is 0 Å². The molecule has 134 valence electrons. The maximum Gasteiger partial charge on any atom is 0.260 e. The van der Waals surface area contributed by atoms with Crippen LogP contribution in [0.5, 0.6) is 0 Å². The van der Waals surface area contributed by atoms with Gasteiger partial charge in [-0.05, 0) is 43.3 Å². The van der Waals surface area contributed by atoms with Crippen molar-refractivity contribution < 1.29 is 13.7 Å². The Bertz CT molecular complexity index is 934. The van der Waals surface area contributed by atoms with E-state index in [-0.39, 0.29) is 33.8 Å². The number of halogens is 2. The molecule has 7 heteroatoms. The maximum absolute atomic E-state index is 14.4. The number of carbonyl (C=O) groups excluding carboxylic acids is 1. The third-order valence-corrected chi connectivity index (χ3v) is 5.95. The van der Waals surface area contributed by atoms with Crippen LogP contribution in [-0.4, -0.2) is 22.5 Å². The predicted molar refractivity (Wildman–Crippen MR) is 99.0 cm³/mol. The standard InChI is InChI=1S/C19H16ClFN2O2S/c1-11-16(18(22-25-11)17-12(20)5-2-6-13(17)21)19(24)23-9-3-7-14(23)15-8-4-10-26-15/h2,4-6,8,10,14H,3,7,9H2,1H3/t14-/m0/s1. The highest BCUT2D eigenvalue weighted by Gasteiger charge is 2.35. The van der Waals surface area contributed by atoms with Crippen LogP contribution in [-0.2, 0) is 0 Å². The van der Waals surface area contributed by atoms with Crippen LogP contribution in [0.15, 0.2) is 40.2 Å². The fraction of sp³-hybridized carbons (Fsp3) is 0.263. The molecule has 0 N–H and O–H groups in total. The number of benzene rings is 1. The molecule has 0 radical (unpaired) electrons. The van der Waals surface area contributed by atoms with Crippen LogP contribution in [0.4, 0.5) is 4.39 Å². The van der Waals surface area contributed by atoms with E-state index >= 15 is 0 Å². The average Bonchev–Trinajstić information content (AvgIpc) is 3.34. The van der Waals surface area contributed by atoms with Gasteiger partial charge in [0.1, 0.15) is 22.8 Å². The molecule has 0 spiro atoms. The monoisotopic (exact) mass is 390 g/mol. The lowest BCUT2D eigenvalue weighted by Crippen LogP contribution is -2.30. The number of hydrogen-bond donors (Lipinski definition) is 0. The molecule has 1 atom stereocenters. The van der Waals surface area contributed by atoms with Gasteiger partial charge in [0.25, 0.3) is 5.91 Å². The Morgan fingerprint density at radius 3 is 2.96 bits per heavy atom. The predicted octanol–water partition coefficient (Wildman–Crippen LogP) is 5.48. The first kappa shape index (κ1) is 17.2. The molecule has 1 saturated heterocycles. The number of hydrogen-bond acceptors (Lipinski definition) is 4. The van der Waals surface area contributed by atoms with Crippen LogP contribution in [0.25, 0.3) is 11.3 Å². The van der Waals surface area contributed by atoms with Gasteiger partial charge in [-0.15, -0.1) is 11.3 Å². The summed E-state index contributed by atoms with van der Waals surface area (Å²) < 4.78 is 19.6. The van der Waals surface area contributed by atoms with Crippen molar-refractivity contribution in [2.75, 3.05) is 6.54 Å². The van der Waals surface area contributed by atoms with E-state index in [2.05, 4.69) is 5.16 Å². The van der Waals surface area contributed by atoms with E-state index in [9.17, 15) is 9.18 Å². The fourth-order valence-electron chi connectivity index (χ4n) is 3.45. The van der Waals surface area contributed by atoms with Gasteiger partial charge in [-0.3, -0.25) is 4.79 Å². The number of rotatable bonds is 3. The Labute approximate surface area is 159 Å². The lowest BCUT2D eigenvalue weighted by molar-refractivity contribution is 0.0737. The molecule has 4 nitrogen and oxygen atoms in total. The third kappa shape index (κ3) is 2.83. The number of thiophene rings is 1. The zero-order valence-corrected chi connectivity index (χ0v) is 15.6. The first-order valence-electron chi connectivity index (χ1n) is 8.33. The quantitative estimate of drug-likeness (QED) is 0.594. The Hall–Kier alpha value is -2.18. The smallest absolute Gasteiger partial charge is 0.260 e. The highest BCUT2D eigenvalue weighted by atomic mass is 35.5. The van der Waals surface area contributed by atoms with Gasteiger partial charge in [0.05, 0.1) is 16.6 Å². The first-order valence-corrected chi connectivity index (χ1v) is 9.58. The molecule has 0 aliphatic carbocycles. The van der Waals surface area contributed by atoms with Crippen LogP contribution in [0.2, 0.25) is 5.02 Å². The van der Waals surface area contributed by atoms with Crippen LogP contribution < -0.4 is 0 Å². The van der Waals surface area contributed by atoms with Crippen molar-refractivity contribution in [2.24, 2.45) is 0 Å². The number of amides is 1. The zero-order valence-electron chi connectivity index (χ0n) is 14.0. The van der Waals surface area contributed by atoms with E-state index in [0.29, 0.717) is 12.3 Å². The summed E-state index contributed by atoms with van der Waals surface area (Å²) in [7, 11) is 0. The molecule has 2 aromatic heterocycles. The summed E-state index contributed by atoms with van der Waals surface area (Å²) in [6.07, 6.45) is 1.83. The minimum Gasteiger partial charge on any atom is -0.360 e. The Balaban J connectivity index is 1.77. The number of likely N-dealkylation sites (tertiary alicyclic amines) is 1. The van der Waals surface area contributed by atoms with Crippen molar-refractivity contribution in [1.82, 2.24) is 10.1 Å². The number of aryl methyl sites for hydroxylation is 1. The van der Waals surface area contributed by atoms with Crippen LogP contribution in [0.3, 0.4) is 0 Å². The number of carbonyl (C=O) groups is 1. The van der Waals surface area contributed by atoms with Gasteiger partial charge in [-0.25, -0.2) is 4.39 Å². The Kier molecular flexibility index (Phi) is 4.54. The number of aromatic nitrogens is 1. The summed E-state index contributed by atoms with van der Waals surface area (Å²) in [6, 6.07) is 8.43. The number of nitrogens with zero attached hydrogens (tertiary/aromatic N) is 2. The second kappa shape index (κ2) is 6.85. The zero-order chi connectivity index (χ0) is 18.3. The highest BCUT2D eigenvalue weighted by molar-refractivity contribution is 7.10. The highest BCUT2D eigenvalue weighted by Crippen LogP contribution is 2.39. The molecule has 26 heavy (non-hydrogen) atoms. The molecule has 3 aromatic rings. The summed E-state index contributed by atoms with van der Waals surface area (Å²) in [5, 5.41) is 6.15. The van der Waals surface area contributed by atoms with Crippen molar-refractivity contribution in [3.8, 4) is 11.3 Å². The summed E-state index contributed by atoms with van der Waals surface area (Å²) in [4.78, 5) is 16.3. The third-order valence-electron chi connectivity index (χ3n) is 4.66. The summed E-state index contributed by atoms with van der Waals surface area (Å²) >= 11 is 7.81. The first-order chi connectivity index (χ1) is 12.6. The molecule has 1 aromatic carbocycles.